The Balaban J connectivity index is 1.08. The number of nitrogens with zero attached hydrogens (tertiary/aromatic N) is 1. The molecule has 12 rings (SSSR count). The molecule has 0 saturated carbocycles. The molecule has 0 spiro atoms. The predicted molar refractivity (Wildman–Crippen MR) is 372 cm³/mol. The number of benzene rings is 10. The minimum Gasteiger partial charge on any atom is -0.455 e. The number of rotatable bonds is 7. The SMILES string of the molecule is Bc1c(B)c(B)c(-c2c(B)c(B)c(-c3c(B)c(B)c(N(c4ccc(-c5cccc6c5C(C)(C)c5ccccc5-6)cc4)c4ccccc4-c4cccc5oc6c7ccccc7ccc6c45)c(B)c3B)c(B)c2B)c(B)c1B. The number of para-hydroxylation sites is 1. The van der Waals surface area contributed by atoms with Crippen molar-refractivity contribution >= 4 is 223 Å². The van der Waals surface area contributed by atoms with Gasteiger partial charge in [-0.15, -0.1) is 16.4 Å². The number of anilines is 3. The van der Waals surface area contributed by atoms with E-state index in [4.69, 9.17) is 4.42 Å². The van der Waals surface area contributed by atoms with Gasteiger partial charge in [-0.05, 0) is 96.9 Å². The highest BCUT2D eigenvalue weighted by Crippen LogP contribution is 2.52. The van der Waals surface area contributed by atoms with E-state index in [0.29, 0.717) is 0 Å². The first-order valence-electron chi connectivity index (χ1n) is 27.3. The third-order valence-electron chi connectivity index (χ3n) is 18.8. The maximum absolute atomic E-state index is 6.83. The van der Waals surface area contributed by atoms with Crippen molar-refractivity contribution < 1.29 is 4.42 Å². The average molecular weight is 960 g/mol. The second-order valence-corrected chi connectivity index (χ2v) is 22.7. The van der Waals surface area contributed by atoms with Crippen molar-refractivity contribution in [2.75, 3.05) is 4.90 Å². The minimum atomic E-state index is -0.132. The smallest absolute Gasteiger partial charge is 0.143 e. The molecule has 0 amide bonds. The van der Waals surface area contributed by atoms with Gasteiger partial charge in [-0.1, -0.05) is 184 Å². The Labute approximate surface area is 460 Å². The van der Waals surface area contributed by atoms with Crippen LogP contribution in [0.25, 0.3) is 88.3 Å². The van der Waals surface area contributed by atoms with E-state index in [1.54, 1.807) is 0 Å². The van der Waals surface area contributed by atoms with Gasteiger partial charge in [0.05, 0.1) is 5.69 Å². The summed E-state index contributed by atoms with van der Waals surface area (Å²) in [5.41, 5.74) is 38.5. The van der Waals surface area contributed by atoms with Gasteiger partial charge in [0.1, 0.15) is 113 Å². The second-order valence-electron chi connectivity index (χ2n) is 22.7. The summed E-state index contributed by atoms with van der Waals surface area (Å²) in [6.45, 7) is 4.77. The molecule has 2 nitrogen and oxygen atoms in total. The highest BCUT2D eigenvalue weighted by Gasteiger charge is 2.37. The van der Waals surface area contributed by atoms with Gasteiger partial charge in [-0.2, -0.15) is 0 Å². The Morgan fingerprint density at radius 2 is 0.842 bits per heavy atom. The maximum Gasteiger partial charge on any atom is 0.143 e. The standard InChI is InChI=1S/C61H56B13NO/c1-61(2)37-18-7-5-13-32(37)35-17-9-15-30(45(35)61)28-21-24-29(25-22-28)75(38-19-8-6-14-33(38)34-16-10-20-39-40(34)36-26-23-27-11-3-4-12-31(27)60(36)76-39)59-57(73)52(68)44(53(69)58(59)74)42-48(64)46(62)41(47(63)49(42)65)43-50(66)54(70)56(72)55(71)51(43)67/h3-26H,62-74H2,1-2H3. The van der Waals surface area contributed by atoms with Gasteiger partial charge in [0, 0.05) is 38.5 Å². The topological polar surface area (TPSA) is 16.4 Å². The fraction of sp³-hybridized carbons (Fsp3) is 0.0492. The fourth-order valence-corrected chi connectivity index (χ4v) is 13.9. The molecule has 11 aromatic rings. The van der Waals surface area contributed by atoms with E-state index in [1.807, 2.05) is 0 Å². The van der Waals surface area contributed by atoms with E-state index in [0.717, 1.165) is 49.8 Å². The summed E-state index contributed by atoms with van der Waals surface area (Å²) in [6, 6.07) is 53.8. The van der Waals surface area contributed by atoms with Gasteiger partial charge < -0.3 is 9.32 Å². The molecule has 10 aromatic carbocycles. The van der Waals surface area contributed by atoms with Crippen LogP contribution in [-0.4, -0.2) is 102 Å². The number of furan rings is 1. The van der Waals surface area contributed by atoms with Crippen molar-refractivity contribution in [1.29, 1.82) is 0 Å². The zero-order valence-corrected chi connectivity index (χ0v) is 47.2. The monoisotopic (exact) mass is 962 g/mol. The van der Waals surface area contributed by atoms with Gasteiger partial charge in [0.25, 0.3) is 0 Å². The van der Waals surface area contributed by atoms with Gasteiger partial charge in [-0.3, -0.25) is 0 Å². The molecule has 0 N–H and O–H groups in total. The van der Waals surface area contributed by atoms with E-state index in [9.17, 15) is 0 Å². The molecule has 0 radical (unpaired) electrons. The molecule has 0 fully saturated rings. The zero-order valence-electron chi connectivity index (χ0n) is 47.2. The van der Waals surface area contributed by atoms with E-state index >= 15 is 0 Å². The van der Waals surface area contributed by atoms with Crippen LogP contribution >= 0.6 is 0 Å². The Hall–Kier alpha value is -7.10. The lowest BCUT2D eigenvalue weighted by Crippen LogP contribution is -2.57. The molecular formula is C61H56B13NO. The van der Waals surface area contributed by atoms with Crippen molar-refractivity contribution in [3.8, 4) is 55.6 Å². The lowest BCUT2D eigenvalue weighted by atomic mass is 9.55. The highest BCUT2D eigenvalue weighted by atomic mass is 16.3. The number of fused-ring (bicyclic) bond motifs is 8. The first-order valence-corrected chi connectivity index (χ1v) is 27.3. The van der Waals surface area contributed by atoms with Crippen LogP contribution < -0.4 is 75.9 Å². The quantitative estimate of drug-likeness (QED) is 0.149. The Morgan fingerprint density at radius 1 is 0.368 bits per heavy atom. The summed E-state index contributed by atoms with van der Waals surface area (Å²) in [4.78, 5) is 2.56. The third-order valence-corrected chi connectivity index (χ3v) is 18.8. The third kappa shape index (κ3) is 7.20. The first kappa shape index (κ1) is 49.8. The molecule has 1 aromatic heterocycles. The van der Waals surface area contributed by atoms with Crippen molar-refractivity contribution in [3.05, 3.63) is 157 Å². The number of hydrogen-bond acceptors (Lipinski definition) is 2. The van der Waals surface area contributed by atoms with E-state index in [1.165, 1.54) is 138 Å². The van der Waals surface area contributed by atoms with Crippen LogP contribution in [0.2, 0.25) is 0 Å². The summed E-state index contributed by atoms with van der Waals surface area (Å²) in [6.07, 6.45) is 0. The first-order chi connectivity index (χ1) is 36.4. The van der Waals surface area contributed by atoms with Crippen molar-refractivity contribution in [1.82, 2.24) is 0 Å². The average Bonchev–Trinajstić information content (AvgIpc) is 4.03. The second kappa shape index (κ2) is 18.3. The van der Waals surface area contributed by atoms with E-state index in [-0.39, 0.29) is 5.41 Å². The lowest BCUT2D eigenvalue weighted by Gasteiger charge is -2.35. The zero-order chi connectivity index (χ0) is 53.4. The van der Waals surface area contributed by atoms with Crippen molar-refractivity contribution in [2.24, 2.45) is 0 Å². The fourth-order valence-electron chi connectivity index (χ4n) is 13.9. The van der Waals surface area contributed by atoms with Gasteiger partial charge in [0.2, 0.25) is 0 Å². The van der Waals surface area contributed by atoms with Crippen LogP contribution in [0.1, 0.15) is 25.0 Å². The maximum atomic E-state index is 6.83. The Bertz CT molecular complexity index is 4230. The van der Waals surface area contributed by atoms with Crippen LogP contribution in [0.15, 0.2) is 150 Å². The Morgan fingerprint density at radius 3 is 1.47 bits per heavy atom. The van der Waals surface area contributed by atoms with Crippen LogP contribution in [-0.2, 0) is 5.41 Å². The molecule has 15 heteroatoms. The van der Waals surface area contributed by atoms with E-state index in [2.05, 4.69) is 266 Å². The normalized spacial score (nSPS) is 12.6. The summed E-state index contributed by atoms with van der Waals surface area (Å²) in [5, 5.41) is 4.55. The largest absolute Gasteiger partial charge is 0.455 e. The van der Waals surface area contributed by atoms with Crippen LogP contribution in [0.3, 0.4) is 0 Å². The van der Waals surface area contributed by atoms with Crippen LogP contribution in [0, 0.1) is 0 Å². The van der Waals surface area contributed by atoms with Crippen molar-refractivity contribution in [3.63, 3.8) is 0 Å². The summed E-state index contributed by atoms with van der Waals surface area (Å²) < 4.78 is 6.83. The van der Waals surface area contributed by atoms with Crippen molar-refractivity contribution in [2.45, 2.75) is 19.3 Å². The van der Waals surface area contributed by atoms with Crippen LogP contribution in [0.4, 0.5) is 17.1 Å². The summed E-state index contributed by atoms with van der Waals surface area (Å²) in [7, 11) is 30.4. The molecule has 0 saturated heterocycles. The summed E-state index contributed by atoms with van der Waals surface area (Å²) >= 11 is 0. The molecular weight excluding hydrogens is 903 g/mol. The van der Waals surface area contributed by atoms with Gasteiger partial charge in [0.15, 0.2) is 0 Å². The minimum absolute atomic E-state index is 0.132. The summed E-state index contributed by atoms with van der Waals surface area (Å²) in [5.74, 6) is 0. The molecule has 1 aliphatic carbocycles. The molecule has 0 atom stereocenters. The van der Waals surface area contributed by atoms with Gasteiger partial charge in [-0.25, -0.2) is 0 Å². The highest BCUT2D eigenvalue weighted by molar-refractivity contribution is 6.72. The molecule has 0 unspecified atom stereocenters. The molecule has 1 heterocycles. The Kier molecular flexibility index (Phi) is 12.0. The molecule has 0 bridgehead atoms. The van der Waals surface area contributed by atoms with Crippen LogP contribution in [0.5, 0.6) is 0 Å². The van der Waals surface area contributed by atoms with E-state index < -0.39 is 0 Å². The molecule has 76 heavy (non-hydrogen) atoms. The number of hydrogen-bond donors (Lipinski definition) is 0. The molecule has 1 aliphatic rings. The van der Waals surface area contributed by atoms with Gasteiger partial charge >= 0.3 is 0 Å². The molecule has 350 valence electrons. The lowest BCUT2D eigenvalue weighted by molar-refractivity contribution is 0.662. The molecule has 0 aliphatic heterocycles. The predicted octanol–water partition coefficient (Wildman–Crippen LogP) is -5.46.